The molecule has 1 N–H and O–H groups in total. The molecular weight excluding hydrogens is 324 g/mol. The molecule has 0 radical (unpaired) electrons. The van der Waals surface area contributed by atoms with E-state index in [2.05, 4.69) is 11.1 Å². The van der Waals surface area contributed by atoms with E-state index in [9.17, 15) is 10.1 Å². The van der Waals surface area contributed by atoms with Crippen molar-refractivity contribution in [3.05, 3.63) is 75.6 Å². The molecule has 1 unspecified atom stereocenters. The lowest BCUT2D eigenvalue weighted by Gasteiger charge is -2.23. The van der Waals surface area contributed by atoms with Crippen molar-refractivity contribution in [3.63, 3.8) is 0 Å². The Morgan fingerprint density at radius 2 is 2.00 bits per heavy atom. The Morgan fingerprint density at radius 3 is 2.69 bits per heavy atom. The van der Waals surface area contributed by atoms with Crippen molar-refractivity contribution in [3.8, 4) is 11.8 Å². The van der Waals surface area contributed by atoms with Gasteiger partial charge >= 0.3 is 0 Å². The van der Waals surface area contributed by atoms with Gasteiger partial charge in [-0.05, 0) is 60.5 Å². The fourth-order valence-corrected chi connectivity index (χ4v) is 3.25. The lowest BCUT2D eigenvalue weighted by atomic mass is 9.78. The number of H-pyrrole nitrogens is 1. The Bertz CT molecular complexity index is 1050. The molecule has 1 heterocycles. The van der Waals surface area contributed by atoms with Crippen LogP contribution in [0, 0.1) is 11.3 Å². The highest BCUT2D eigenvalue weighted by molar-refractivity contribution is 5.80. The minimum absolute atomic E-state index is 0.0661. The molecule has 0 amide bonds. The van der Waals surface area contributed by atoms with Gasteiger partial charge in [0.05, 0.1) is 18.6 Å². The fraction of sp³-hybridized carbons (Fsp3) is 0.273. The van der Waals surface area contributed by atoms with Crippen LogP contribution in [0.3, 0.4) is 0 Å². The third-order valence-electron chi connectivity index (χ3n) is 4.88. The lowest BCUT2D eigenvalue weighted by Crippen LogP contribution is -2.23. The molecule has 0 aliphatic carbocycles. The average Bonchev–Trinajstić information content (AvgIpc) is 2.67. The number of benzene rings is 2. The summed E-state index contributed by atoms with van der Waals surface area (Å²) in [5.41, 5.74) is 2.67. The molecule has 3 rings (SSSR count). The highest BCUT2D eigenvalue weighted by atomic mass is 16.5. The van der Waals surface area contributed by atoms with Crippen LogP contribution in [0.25, 0.3) is 10.9 Å². The smallest absolute Gasteiger partial charge is 0.251 e. The van der Waals surface area contributed by atoms with Crippen LogP contribution in [0.2, 0.25) is 0 Å². The summed E-state index contributed by atoms with van der Waals surface area (Å²) in [6, 6.07) is 18.0. The minimum Gasteiger partial charge on any atom is -0.497 e. The highest BCUT2D eigenvalue weighted by Gasteiger charge is 2.27. The molecule has 132 valence electrons. The Labute approximate surface area is 153 Å². The summed E-state index contributed by atoms with van der Waals surface area (Å²) in [5.74, 6) is 0.776. The Hall–Kier alpha value is -3.06. The van der Waals surface area contributed by atoms with E-state index in [1.165, 1.54) is 0 Å². The van der Waals surface area contributed by atoms with E-state index in [1.54, 1.807) is 7.11 Å². The molecule has 26 heavy (non-hydrogen) atoms. The monoisotopic (exact) mass is 346 g/mol. The summed E-state index contributed by atoms with van der Waals surface area (Å²) in [4.78, 5) is 15.1. The van der Waals surface area contributed by atoms with Crippen LogP contribution in [-0.4, -0.2) is 12.1 Å². The molecule has 0 bridgehead atoms. The van der Waals surface area contributed by atoms with Crippen LogP contribution >= 0.6 is 0 Å². The van der Waals surface area contributed by atoms with Gasteiger partial charge in [-0.3, -0.25) is 4.79 Å². The number of aryl methyl sites for hydroxylation is 1. The number of nitrogens with zero attached hydrogens (tertiary/aromatic N) is 1. The predicted molar refractivity (Wildman–Crippen MR) is 104 cm³/mol. The molecule has 0 aliphatic rings. The number of hydrogen-bond donors (Lipinski definition) is 1. The van der Waals surface area contributed by atoms with Gasteiger partial charge in [-0.15, -0.1) is 0 Å². The van der Waals surface area contributed by atoms with E-state index in [0.29, 0.717) is 12.8 Å². The molecule has 4 nitrogen and oxygen atoms in total. The maximum Gasteiger partial charge on any atom is 0.251 e. The van der Waals surface area contributed by atoms with E-state index in [4.69, 9.17) is 4.74 Å². The third kappa shape index (κ3) is 3.34. The number of rotatable bonds is 5. The van der Waals surface area contributed by atoms with Crippen LogP contribution < -0.4 is 10.3 Å². The topological polar surface area (TPSA) is 65.9 Å². The number of pyridine rings is 1. The van der Waals surface area contributed by atoms with Gasteiger partial charge in [0.1, 0.15) is 5.75 Å². The number of hydrogen-bond acceptors (Lipinski definition) is 3. The Morgan fingerprint density at radius 1 is 1.19 bits per heavy atom. The standard InChI is InChI=1S/C22H22N2O2/c1-4-16-11-17-8-9-18(12-20(17)24-21(16)25)22(2,14-23)13-15-6-5-7-19(10-15)26-3/h5-12H,4,13H2,1-3H3,(H,24,25). The molecule has 2 aromatic carbocycles. The van der Waals surface area contributed by atoms with E-state index < -0.39 is 5.41 Å². The maximum absolute atomic E-state index is 12.1. The number of aromatic amines is 1. The van der Waals surface area contributed by atoms with Crippen LogP contribution in [-0.2, 0) is 18.3 Å². The highest BCUT2D eigenvalue weighted by Crippen LogP contribution is 2.30. The maximum atomic E-state index is 12.1. The van der Waals surface area contributed by atoms with Crippen molar-refractivity contribution in [1.82, 2.24) is 4.98 Å². The Balaban J connectivity index is 2.03. The van der Waals surface area contributed by atoms with Gasteiger partial charge in [-0.2, -0.15) is 5.26 Å². The summed E-state index contributed by atoms with van der Waals surface area (Å²) in [6.45, 7) is 3.89. The second kappa shape index (κ2) is 7.05. The molecule has 1 atom stereocenters. The van der Waals surface area contributed by atoms with E-state index in [-0.39, 0.29) is 5.56 Å². The van der Waals surface area contributed by atoms with E-state index in [1.807, 2.05) is 62.4 Å². The number of nitriles is 1. The summed E-state index contributed by atoms with van der Waals surface area (Å²) in [5, 5.41) is 10.9. The van der Waals surface area contributed by atoms with Gasteiger partial charge in [-0.1, -0.05) is 31.2 Å². The van der Waals surface area contributed by atoms with Crippen LogP contribution in [0.4, 0.5) is 0 Å². The van der Waals surface area contributed by atoms with Gasteiger partial charge in [-0.25, -0.2) is 0 Å². The SMILES string of the molecule is CCc1cc2ccc(C(C)(C#N)Cc3cccc(OC)c3)cc2[nH]c1=O. The van der Waals surface area contributed by atoms with Crippen molar-refractivity contribution in [1.29, 1.82) is 5.26 Å². The zero-order valence-electron chi connectivity index (χ0n) is 15.3. The zero-order chi connectivity index (χ0) is 18.7. The van der Waals surface area contributed by atoms with E-state index in [0.717, 1.165) is 33.3 Å². The molecule has 0 aliphatic heterocycles. The second-order valence-corrected chi connectivity index (χ2v) is 6.75. The number of fused-ring (bicyclic) bond motifs is 1. The summed E-state index contributed by atoms with van der Waals surface area (Å²) in [7, 11) is 1.63. The van der Waals surface area contributed by atoms with Crippen molar-refractivity contribution >= 4 is 10.9 Å². The predicted octanol–water partition coefficient (Wildman–Crippen LogP) is 4.12. The molecule has 0 saturated carbocycles. The van der Waals surface area contributed by atoms with Crippen molar-refractivity contribution < 1.29 is 4.74 Å². The van der Waals surface area contributed by atoms with Gasteiger partial charge < -0.3 is 9.72 Å². The lowest BCUT2D eigenvalue weighted by molar-refractivity contribution is 0.414. The number of methoxy groups -OCH3 is 1. The Kier molecular flexibility index (Phi) is 4.81. The first-order chi connectivity index (χ1) is 12.5. The summed E-state index contributed by atoms with van der Waals surface area (Å²) >= 11 is 0. The largest absolute Gasteiger partial charge is 0.497 e. The number of nitrogens with one attached hydrogen (secondary N) is 1. The summed E-state index contributed by atoms with van der Waals surface area (Å²) < 4.78 is 5.28. The minimum atomic E-state index is -0.707. The van der Waals surface area contributed by atoms with Gasteiger partial charge in [0.15, 0.2) is 0 Å². The van der Waals surface area contributed by atoms with Crippen LogP contribution in [0.15, 0.2) is 53.3 Å². The van der Waals surface area contributed by atoms with E-state index >= 15 is 0 Å². The van der Waals surface area contributed by atoms with Gasteiger partial charge in [0.25, 0.3) is 5.56 Å². The normalized spacial score (nSPS) is 13.2. The number of ether oxygens (including phenoxy) is 1. The van der Waals surface area contributed by atoms with Crippen molar-refractivity contribution in [2.24, 2.45) is 0 Å². The molecule has 0 saturated heterocycles. The first-order valence-electron chi connectivity index (χ1n) is 8.69. The molecule has 3 aromatic rings. The van der Waals surface area contributed by atoms with Crippen molar-refractivity contribution in [2.75, 3.05) is 7.11 Å². The van der Waals surface area contributed by atoms with Gasteiger partial charge in [0.2, 0.25) is 0 Å². The van der Waals surface area contributed by atoms with Crippen LogP contribution in [0.1, 0.15) is 30.5 Å². The van der Waals surface area contributed by atoms with Crippen molar-refractivity contribution in [2.45, 2.75) is 32.1 Å². The molecule has 4 heteroatoms. The summed E-state index contributed by atoms with van der Waals surface area (Å²) in [6.07, 6.45) is 1.25. The second-order valence-electron chi connectivity index (χ2n) is 6.75. The quantitative estimate of drug-likeness (QED) is 0.755. The average molecular weight is 346 g/mol. The third-order valence-corrected chi connectivity index (χ3v) is 4.88. The number of aromatic nitrogens is 1. The van der Waals surface area contributed by atoms with Gasteiger partial charge in [0, 0.05) is 11.1 Å². The molecule has 0 spiro atoms. The fourth-order valence-electron chi connectivity index (χ4n) is 3.25. The first-order valence-corrected chi connectivity index (χ1v) is 8.69. The first kappa shape index (κ1) is 17.8. The zero-order valence-corrected chi connectivity index (χ0v) is 15.3. The molecule has 1 aromatic heterocycles. The van der Waals surface area contributed by atoms with Crippen LogP contribution in [0.5, 0.6) is 5.75 Å². The molecule has 0 fully saturated rings. The molecular formula is C22H22N2O2.